The van der Waals surface area contributed by atoms with Gasteiger partial charge in [-0.25, -0.2) is 4.79 Å². The van der Waals surface area contributed by atoms with Crippen molar-refractivity contribution >= 4 is 17.6 Å². The summed E-state index contributed by atoms with van der Waals surface area (Å²) in [5.74, 6) is -0.752. The first-order valence-electron chi connectivity index (χ1n) is 9.94. The van der Waals surface area contributed by atoms with Crippen molar-refractivity contribution in [2.45, 2.75) is 18.6 Å². The average Bonchev–Trinajstić information content (AvgIpc) is 2.78. The van der Waals surface area contributed by atoms with Gasteiger partial charge in [-0.1, -0.05) is 30.3 Å². The highest BCUT2D eigenvalue weighted by Gasteiger charge is 2.37. The summed E-state index contributed by atoms with van der Waals surface area (Å²) in [6, 6.07) is 13.0. The quantitative estimate of drug-likeness (QED) is 0.738. The number of carbonyl (C=O) groups excluding carboxylic acids is 2. The summed E-state index contributed by atoms with van der Waals surface area (Å²) in [4.78, 5) is 27.5. The Morgan fingerprint density at radius 2 is 1.88 bits per heavy atom. The Morgan fingerprint density at radius 3 is 2.50 bits per heavy atom. The molecule has 1 aliphatic rings. The van der Waals surface area contributed by atoms with Crippen molar-refractivity contribution in [2.75, 3.05) is 31.1 Å². The Kier molecular flexibility index (Phi) is 6.88. The minimum atomic E-state index is -4.69. The Balaban J connectivity index is 1.69. The fourth-order valence-electron chi connectivity index (χ4n) is 3.62. The molecule has 1 heterocycles. The number of alkyl halides is 3. The van der Waals surface area contributed by atoms with E-state index in [0.29, 0.717) is 13.0 Å². The van der Waals surface area contributed by atoms with Crippen LogP contribution in [0.15, 0.2) is 48.5 Å². The SMILES string of the molecule is N#Cc1ccc(N2CCN(C(=O)NCCc3ccccc3)C(C(N)=O)C2)cc1C(F)(F)F. The van der Waals surface area contributed by atoms with Gasteiger partial charge in [0.15, 0.2) is 0 Å². The van der Waals surface area contributed by atoms with Gasteiger partial charge in [-0.15, -0.1) is 0 Å². The summed E-state index contributed by atoms with van der Waals surface area (Å²) < 4.78 is 39.9. The lowest BCUT2D eigenvalue weighted by Crippen LogP contribution is -2.62. The number of amides is 3. The van der Waals surface area contributed by atoms with Crippen molar-refractivity contribution in [1.82, 2.24) is 10.2 Å². The second-order valence-electron chi connectivity index (χ2n) is 7.36. The van der Waals surface area contributed by atoms with E-state index in [4.69, 9.17) is 11.0 Å². The number of piperazine rings is 1. The summed E-state index contributed by atoms with van der Waals surface area (Å²) in [5, 5.41) is 11.7. The van der Waals surface area contributed by atoms with E-state index in [1.165, 1.54) is 17.0 Å². The topological polar surface area (TPSA) is 102 Å². The molecule has 3 N–H and O–H groups in total. The first kappa shape index (κ1) is 22.9. The maximum Gasteiger partial charge on any atom is 0.417 e. The lowest BCUT2D eigenvalue weighted by atomic mass is 10.0. The van der Waals surface area contributed by atoms with Crippen LogP contribution in [0.5, 0.6) is 0 Å². The average molecular weight is 445 g/mol. The molecule has 3 rings (SSSR count). The van der Waals surface area contributed by atoms with Crippen LogP contribution in [0.1, 0.15) is 16.7 Å². The van der Waals surface area contributed by atoms with E-state index in [0.717, 1.165) is 17.7 Å². The second-order valence-corrected chi connectivity index (χ2v) is 7.36. The van der Waals surface area contributed by atoms with Crippen molar-refractivity contribution in [3.8, 4) is 6.07 Å². The molecule has 7 nitrogen and oxygen atoms in total. The Morgan fingerprint density at radius 1 is 1.16 bits per heavy atom. The van der Waals surface area contributed by atoms with E-state index in [1.54, 1.807) is 4.90 Å². The van der Waals surface area contributed by atoms with Gasteiger partial charge < -0.3 is 20.9 Å². The maximum absolute atomic E-state index is 13.3. The first-order valence-corrected chi connectivity index (χ1v) is 9.94. The summed E-state index contributed by atoms with van der Waals surface area (Å²) in [6.07, 6.45) is -4.08. The van der Waals surface area contributed by atoms with E-state index in [-0.39, 0.29) is 25.3 Å². The smallest absolute Gasteiger partial charge is 0.368 e. The van der Waals surface area contributed by atoms with E-state index < -0.39 is 35.3 Å². The molecule has 0 radical (unpaired) electrons. The molecular formula is C22H22F3N5O2. The number of nitrogens with two attached hydrogens (primary N) is 1. The number of urea groups is 1. The number of primary amides is 1. The second kappa shape index (κ2) is 9.60. The fourth-order valence-corrected chi connectivity index (χ4v) is 3.62. The molecule has 1 aliphatic heterocycles. The van der Waals surface area contributed by atoms with Gasteiger partial charge in [0.1, 0.15) is 6.04 Å². The highest BCUT2D eigenvalue weighted by Crippen LogP contribution is 2.34. The van der Waals surface area contributed by atoms with Crippen LogP contribution in [0, 0.1) is 11.3 Å². The van der Waals surface area contributed by atoms with Crippen molar-refractivity contribution in [2.24, 2.45) is 5.73 Å². The molecule has 10 heteroatoms. The number of carbonyl (C=O) groups is 2. The molecule has 1 atom stereocenters. The van der Waals surface area contributed by atoms with Gasteiger partial charge in [0.25, 0.3) is 0 Å². The molecule has 2 aromatic carbocycles. The number of benzene rings is 2. The number of anilines is 1. The highest BCUT2D eigenvalue weighted by molar-refractivity contribution is 5.87. The molecule has 0 spiro atoms. The largest absolute Gasteiger partial charge is 0.417 e. The van der Waals surface area contributed by atoms with E-state index in [1.807, 2.05) is 30.3 Å². The molecule has 2 aromatic rings. The number of hydrogen-bond acceptors (Lipinski definition) is 4. The van der Waals surface area contributed by atoms with Gasteiger partial charge in [0.05, 0.1) is 17.2 Å². The van der Waals surface area contributed by atoms with Crippen LogP contribution < -0.4 is 16.0 Å². The zero-order valence-electron chi connectivity index (χ0n) is 17.1. The highest BCUT2D eigenvalue weighted by atomic mass is 19.4. The molecule has 32 heavy (non-hydrogen) atoms. The fraction of sp³-hybridized carbons (Fsp3) is 0.318. The normalized spacial score (nSPS) is 16.4. The number of halogens is 3. The molecule has 3 amide bonds. The van der Waals surface area contributed by atoms with E-state index in [2.05, 4.69) is 5.32 Å². The van der Waals surface area contributed by atoms with Gasteiger partial charge in [-0.2, -0.15) is 18.4 Å². The summed E-state index contributed by atoms with van der Waals surface area (Å²) in [6.45, 7) is 0.620. The van der Waals surface area contributed by atoms with Crippen molar-refractivity contribution < 1.29 is 22.8 Å². The van der Waals surface area contributed by atoms with Crippen LogP contribution in [-0.2, 0) is 17.4 Å². The van der Waals surface area contributed by atoms with Gasteiger partial charge in [-0.05, 0) is 30.2 Å². The van der Waals surface area contributed by atoms with Crippen molar-refractivity contribution in [3.63, 3.8) is 0 Å². The lowest BCUT2D eigenvalue weighted by Gasteiger charge is -2.41. The zero-order valence-corrected chi connectivity index (χ0v) is 17.1. The third-order valence-corrected chi connectivity index (χ3v) is 5.30. The molecule has 168 valence electrons. The Bertz CT molecular complexity index is 1020. The summed E-state index contributed by atoms with van der Waals surface area (Å²) in [7, 11) is 0. The Labute approximate surface area is 183 Å². The van der Waals surface area contributed by atoms with Crippen LogP contribution in [-0.4, -0.2) is 49.1 Å². The van der Waals surface area contributed by atoms with Gasteiger partial charge >= 0.3 is 12.2 Å². The van der Waals surface area contributed by atoms with E-state index >= 15 is 0 Å². The minimum absolute atomic E-state index is 0.0510. The molecule has 1 fully saturated rings. The third-order valence-electron chi connectivity index (χ3n) is 5.30. The zero-order chi connectivity index (χ0) is 23.3. The molecule has 1 saturated heterocycles. The maximum atomic E-state index is 13.3. The first-order chi connectivity index (χ1) is 15.2. The third kappa shape index (κ3) is 5.29. The predicted octanol–water partition coefficient (Wildman–Crippen LogP) is 2.51. The van der Waals surface area contributed by atoms with Gasteiger partial charge in [0.2, 0.25) is 5.91 Å². The number of nitrogens with one attached hydrogen (secondary N) is 1. The number of nitriles is 1. The summed E-state index contributed by atoms with van der Waals surface area (Å²) >= 11 is 0. The molecule has 1 unspecified atom stereocenters. The molecule has 0 aliphatic carbocycles. The van der Waals surface area contributed by atoms with Gasteiger partial charge in [0, 0.05) is 31.9 Å². The van der Waals surface area contributed by atoms with Gasteiger partial charge in [-0.3, -0.25) is 4.79 Å². The number of nitrogens with zero attached hydrogens (tertiary/aromatic N) is 3. The van der Waals surface area contributed by atoms with Crippen LogP contribution >= 0.6 is 0 Å². The van der Waals surface area contributed by atoms with Crippen LogP contribution in [0.4, 0.5) is 23.7 Å². The standard InChI is InChI=1S/C22H22F3N5O2/c23-22(24,25)18-12-17(7-6-16(18)13-26)29-10-11-30(19(14-29)20(27)31)21(32)28-9-8-15-4-2-1-3-5-15/h1-7,12,19H,8-11,14H2,(H2,27,31)(H,28,32). The predicted molar refractivity (Wildman–Crippen MR) is 112 cm³/mol. The minimum Gasteiger partial charge on any atom is -0.368 e. The molecule has 0 aromatic heterocycles. The van der Waals surface area contributed by atoms with Crippen molar-refractivity contribution in [3.05, 3.63) is 65.2 Å². The van der Waals surface area contributed by atoms with Crippen molar-refractivity contribution in [1.29, 1.82) is 5.26 Å². The summed E-state index contributed by atoms with van der Waals surface area (Å²) in [5.41, 5.74) is 5.21. The Hall–Kier alpha value is -3.74. The molecule has 0 bridgehead atoms. The monoisotopic (exact) mass is 445 g/mol. The van der Waals surface area contributed by atoms with E-state index in [9.17, 15) is 22.8 Å². The molecular weight excluding hydrogens is 423 g/mol. The van der Waals surface area contributed by atoms with Crippen LogP contribution in [0.25, 0.3) is 0 Å². The van der Waals surface area contributed by atoms with Crippen LogP contribution in [0.2, 0.25) is 0 Å². The number of rotatable bonds is 5. The van der Waals surface area contributed by atoms with Crippen LogP contribution in [0.3, 0.4) is 0 Å². The molecule has 0 saturated carbocycles. The number of hydrogen-bond donors (Lipinski definition) is 2. The lowest BCUT2D eigenvalue weighted by molar-refractivity contribution is -0.137.